The summed E-state index contributed by atoms with van der Waals surface area (Å²) in [5, 5.41) is 3.10. The van der Waals surface area contributed by atoms with Crippen molar-refractivity contribution >= 4 is 43.3 Å². The third-order valence-corrected chi connectivity index (χ3v) is 3.49. The second-order valence-corrected chi connectivity index (χ2v) is 4.87. The zero-order valence-electron chi connectivity index (χ0n) is 7.29. The van der Waals surface area contributed by atoms with Crippen molar-refractivity contribution in [3.05, 3.63) is 33.6 Å². The average molecular weight is 270 g/mol. The first-order valence-corrected chi connectivity index (χ1v) is 5.78. The Labute approximate surface area is 93.9 Å². The Kier molecular flexibility index (Phi) is 2.56. The van der Waals surface area contributed by atoms with Crippen LogP contribution in [0.1, 0.15) is 5.56 Å². The summed E-state index contributed by atoms with van der Waals surface area (Å²) in [5.41, 5.74) is 6.18. The summed E-state index contributed by atoms with van der Waals surface area (Å²) in [6, 6.07) is 6.05. The number of hydrogen-bond donors (Lipinski definition) is 1. The number of hydrogen-bond acceptors (Lipinski definition) is 2. The molecule has 0 spiro atoms. The molecule has 4 heteroatoms. The summed E-state index contributed by atoms with van der Waals surface area (Å²) < 4.78 is 2.21. The molecule has 0 radical (unpaired) electrons. The highest BCUT2D eigenvalue weighted by Crippen LogP contribution is 2.28. The molecule has 1 heterocycles. The summed E-state index contributed by atoms with van der Waals surface area (Å²) in [5.74, 6) is -0.287. The number of nitrogens with two attached hydrogens (primary N) is 1. The van der Waals surface area contributed by atoms with Crippen molar-refractivity contribution in [2.75, 3.05) is 0 Å². The van der Waals surface area contributed by atoms with Crippen molar-refractivity contribution in [2.45, 2.75) is 6.42 Å². The van der Waals surface area contributed by atoms with E-state index in [-0.39, 0.29) is 5.91 Å². The van der Waals surface area contributed by atoms with Crippen LogP contribution in [0.3, 0.4) is 0 Å². The zero-order chi connectivity index (χ0) is 10.1. The topological polar surface area (TPSA) is 43.1 Å². The second-order valence-electron chi connectivity index (χ2n) is 3.04. The van der Waals surface area contributed by atoms with Gasteiger partial charge in [0.25, 0.3) is 0 Å². The highest BCUT2D eigenvalue weighted by molar-refractivity contribution is 9.10. The third-order valence-electron chi connectivity index (χ3n) is 1.98. The maximum atomic E-state index is 10.8. The lowest BCUT2D eigenvalue weighted by molar-refractivity contribution is -0.117. The minimum absolute atomic E-state index is 0.287. The number of fused-ring (bicyclic) bond motifs is 1. The molecule has 1 aromatic heterocycles. The Balaban J connectivity index is 2.55. The van der Waals surface area contributed by atoms with Gasteiger partial charge >= 0.3 is 0 Å². The first kappa shape index (κ1) is 9.68. The van der Waals surface area contributed by atoms with E-state index >= 15 is 0 Å². The van der Waals surface area contributed by atoms with Crippen LogP contribution >= 0.6 is 27.3 Å². The fourth-order valence-corrected chi connectivity index (χ4v) is 2.68. The van der Waals surface area contributed by atoms with Crippen LogP contribution in [-0.2, 0) is 11.2 Å². The van der Waals surface area contributed by atoms with E-state index in [4.69, 9.17) is 5.73 Å². The lowest BCUT2D eigenvalue weighted by atomic mass is 10.1. The van der Waals surface area contributed by atoms with E-state index in [1.165, 1.54) is 4.70 Å². The Bertz CT molecular complexity index is 492. The normalized spacial score (nSPS) is 10.6. The van der Waals surface area contributed by atoms with Gasteiger partial charge in [0, 0.05) is 9.17 Å². The molecule has 1 amide bonds. The molecule has 0 unspecified atom stereocenters. The smallest absolute Gasteiger partial charge is 0.221 e. The van der Waals surface area contributed by atoms with Crippen molar-refractivity contribution in [2.24, 2.45) is 5.73 Å². The van der Waals surface area contributed by atoms with Crippen molar-refractivity contribution in [1.82, 2.24) is 0 Å². The Morgan fingerprint density at radius 1 is 1.50 bits per heavy atom. The van der Waals surface area contributed by atoms with Crippen molar-refractivity contribution < 1.29 is 4.79 Å². The van der Waals surface area contributed by atoms with E-state index in [2.05, 4.69) is 15.9 Å². The summed E-state index contributed by atoms with van der Waals surface area (Å²) in [4.78, 5) is 10.8. The highest BCUT2D eigenvalue weighted by Gasteiger charge is 2.06. The van der Waals surface area contributed by atoms with Crippen LogP contribution in [0.15, 0.2) is 28.1 Å². The van der Waals surface area contributed by atoms with E-state index in [0.29, 0.717) is 6.42 Å². The van der Waals surface area contributed by atoms with Gasteiger partial charge in [-0.3, -0.25) is 4.79 Å². The van der Waals surface area contributed by atoms with Gasteiger partial charge in [-0.25, -0.2) is 0 Å². The molecular formula is C10H8BrNOS. The van der Waals surface area contributed by atoms with Crippen LogP contribution < -0.4 is 5.73 Å². The van der Waals surface area contributed by atoms with Crippen LogP contribution in [0.4, 0.5) is 0 Å². The maximum absolute atomic E-state index is 10.8. The predicted octanol–water partition coefficient (Wildman–Crippen LogP) is 2.69. The molecule has 0 aliphatic heterocycles. The van der Waals surface area contributed by atoms with Gasteiger partial charge in [-0.15, -0.1) is 11.3 Å². The molecule has 0 bridgehead atoms. The zero-order valence-corrected chi connectivity index (χ0v) is 9.69. The molecule has 0 saturated carbocycles. The number of carbonyl (C=O) groups is 1. The first-order chi connectivity index (χ1) is 6.66. The van der Waals surface area contributed by atoms with Gasteiger partial charge in [-0.2, -0.15) is 0 Å². The molecule has 2 rings (SSSR count). The molecule has 0 atom stereocenters. The van der Waals surface area contributed by atoms with Crippen LogP contribution in [0.5, 0.6) is 0 Å². The minimum Gasteiger partial charge on any atom is -0.369 e. The van der Waals surface area contributed by atoms with Crippen LogP contribution in [-0.4, -0.2) is 5.91 Å². The van der Waals surface area contributed by atoms with Gasteiger partial charge in [-0.05, 0) is 34.5 Å². The van der Waals surface area contributed by atoms with Gasteiger partial charge in [0.1, 0.15) is 0 Å². The van der Waals surface area contributed by atoms with Crippen LogP contribution in [0.25, 0.3) is 10.1 Å². The minimum atomic E-state index is -0.287. The molecule has 0 aliphatic carbocycles. The number of amides is 1. The molecule has 1 aromatic carbocycles. The van der Waals surface area contributed by atoms with E-state index in [0.717, 1.165) is 15.4 Å². The SMILES string of the molecule is NC(=O)Cc1csc2ccc(Br)cc12. The molecular weight excluding hydrogens is 262 g/mol. The number of carbonyl (C=O) groups excluding carboxylic acids is 1. The fraction of sp³-hybridized carbons (Fsp3) is 0.100. The first-order valence-electron chi connectivity index (χ1n) is 4.11. The van der Waals surface area contributed by atoms with Gasteiger partial charge < -0.3 is 5.73 Å². The molecule has 14 heavy (non-hydrogen) atoms. The molecule has 72 valence electrons. The predicted molar refractivity (Wildman–Crippen MR) is 62.4 cm³/mol. The van der Waals surface area contributed by atoms with Crippen molar-refractivity contribution in [1.29, 1.82) is 0 Å². The Hall–Kier alpha value is -0.870. The van der Waals surface area contributed by atoms with Crippen molar-refractivity contribution in [3.63, 3.8) is 0 Å². The highest BCUT2D eigenvalue weighted by atomic mass is 79.9. The van der Waals surface area contributed by atoms with Crippen LogP contribution in [0.2, 0.25) is 0 Å². The number of halogens is 1. The van der Waals surface area contributed by atoms with Gasteiger partial charge in [0.2, 0.25) is 5.91 Å². The number of rotatable bonds is 2. The molecule has 0 aliphatic rings. The molecule has 2 aromatic rings. The largest absolute Gasteiger partial charge is 0.369 e. The number of benzene rings is 1. The fourth-order valence-electron chi connectivity index (χ4n) is 1.38. The summed E-state index contributed by atoms with van der Waals surface area (Å²) in [6.07, 6.45) is 0.316. The van der Waals surface area contributed by atoms with Gasteiger partial charge in [-0.1, -0.05) is 15.9 Å². The quantitative estimate of drug-likeness (QED) is 0.895. The van der Waals surface area contributed by atoms with Gasteiger partial charge in [0.05, 0.1) is 6.42 Å². The van der Waals surface area contributed by atoms with E-state index < -0.39 is 0 Å². The molecule has 2 N–H and O–H groups in total. The standard InChI is InChI=1S/C10H8BrNOS/c11-7-1-2-9-8(4-7)6(5-14-9)3-10(12)13/h1-2,4-5H,3H2,(H2,12,13). The van der Waals surface area contributed by atoms with Crippen molar-refractivity contribution in [3.8, 4) is 0 Å². The molecule has 2 nitrogen and oxygen atoms in total. The second kappa shape index (κ2) is 3.71. The van der Waals surface area contributed by atoms with E-state index in [9.17, 15) is 4.79 Å². The molecule has 0 saturated heterocycles. The molecule has 0 fully saturated rings. The average Bonchev–Trinajstić information content (AvgIpc) is 2.47. The summed E-state index contributed by atoms with van der Waals surface area (Å²) in [6.45, 7) is 0. The number of primary amides is 1. The summed E-state index contributed by atoms with van der Waals surface area (Å²) >= 11 is 5.04. The lowest BCUT2D eigenvalue weighted by Gasteiger charge is -1.96. The Morgan fingerprint density at radius 2 is 2.29 bits per heavy atom. The Morgan fingerprint density at radius 3 is 3.00 bits per heavy atom. The third kappa shape index (κ3) is 1.81. The maximum Gasteiger partial charge on any atom is 0.221 e. The van der Waals surface area contributed by atoms with Crippen LogP contribution in [0, 0.1) is 0 Å². The number of thiophene rings is 1. The van der Waals surface area contributed by atoms with E-state index in [1.807, 2.05) is 23.6 Å². The van der Waals surface area contributed by atoms with E-state index in [1.54, 1.807) is 11.3 Å². The monoisotopic (exact) mass is 269 g/mol. The lowest BCUT2D eigenvalue weighted by Crippen LogP contribution is -2.13. The van der Waals surface area contributed by atoms with Gasteiger partial charge in [0.15, 0.2) is 0 Å². The summed E-state index contributed by atoms with van der Waals surface area (Å²) in [7, 11) is 0.